The van der Waals surface area contributed by atoms with Crippen LogP contribution in [-0.4, -0.2) is 41.9 Å². The number of para-hydroxylation sites is 1. The van der Waals surface area contributed by atoms with Crippen LogP contribution >= 0.6 is 23.2 Å². The molecule has 0 bridgehead atoms. The molecule has 2 amide bonds. The second kappa shape index (κ2) is 8.27. The fourth-order valence-corrected chi connectivity index (χ4v) is 4.00. The first-order chi connectivity index (χ1) is 12.5. The Bertz CT molecular complexity index is 699. The van der Waals surface area contributed by atoms with Gasteiger partial charge in [0, 0.05) is 19.0 Å². The number of anilines is 1. The van der Waals surface area contributed by atoms with Crippen LogP contribution in [0.3, 0.4) is 0 Å². The maximum Gasteiger partial charge on any atom is 0.311 e. The normalized spacial score (nSPS) is 20.5. The number of nitrogens with one attached hydrogen (secondary N) is 1. The third-order valence-corrected chi connectivity index (χ3v) is 5.46. The maximum atomic E-state index is 12.2. The molecule has 1 saturated heterocycles. The fourth-order valence-electron chi connectivity index (χ4n) is 3.51. The van der Waals surface area contributed by atoms with Crippen LogP contribution in [0.1, 0.15) is 32.1 Å². The van der Waals surface area contributed by atoms with Crippen molar-refractivity contribution in [3.63, 3.8) is 0 Å². The molecule has 2 aliphatic rings. The van der Waals surface area contributed by atoms with E-state index in [9.17, 15) is 14.4 Å². The molecule has 1 heterocycles. The zero-order chi connectivity index (χ0) is 18.7. The van der Waals surface area contributed by atoms with Gasteiger partial charge in [-0.3, -0.25) is 14.4 Å². The van der Waals surface area contributed by atoms with E-state index in [-0.39, 0.29) is 24.1 Å². The molecular weight excluding hydrogens is 379 g/mol. The smallest absolute Gasteiger partial charge is 0.311 e. The van der Waals surface area contributed by atoms with Crippen LogP contribution in [0.5, 0.6) is 0 Å². The minimum atomic E-state index is -0.537. The molecule has 1 atom stereocenters. The van der Waals surface area contributed by atoms with Crippen LogP contribution in [0.15, 0.2) is 18.2 Å². The number of carbonyl (C=O) groups excluding carboxylic acids is 3. The van der Waals surface area contributed by atoms with Gasteiger partial charge in [-0.15, -0.1) is 0 Å². The standard InChI is InChI=1S/C18H20Cl2N2O4/c19-13-6-3-7-14(20)17(13)21-15(23)10-26-18(25)11-8-16(24)22(9-11)12-4-1-2-5-12/h3,6-7,11-12H,1-2,4-5,8-10H2,(H,21,23)/t11-/m1/s1. The van der Waals surface area contributed by atoms with E-state index < -0.39 is 24.4 Å². The number of likely N-dealkylation sites (tertiary alicyclic amines) is 1. The van der Waals surface area contributed by atoms with Gasteiger partial charge < -0.3 is 15.0 Å². The number of halogens is 2. The predicted octanol–water partition coefficient (Wildman–Crippen LogP) is 3.27. The van der Waals surface area contributed by atoms with Crippen molar-refractivity contribution in [3.8, 4) is 0 Å². The average molecular weight is 399 g/mol. The van der Waals surface area contributed by atoms with Crippen LogP contribution in [-0.2, 0) is 19.1 Å². The molecule has 6 nitrogen and oxygen atoms in total. The van der Waals surface area contributed by atoms with E-state index in [0.29, 0.717) is 16.6 Å². The number of rotatable bonds is 5. The van der Waals surface area contributed by atoms with Crippen molar-refractivity contribution < 1.29 is 19.1 Å². The largest absolute Gasteiger partial charge is 0.455 e. The van der Waals surface area contributed by atoms with Gasteiger partial charge in [0.2, 0.25) is 5.91 Å². The molecule has 26 heavy (non-hydrogen) atoms. The number of hydrogen-bond donors (Lipinski definition) is 1. The summed E-state index contributed by atoms with van der Waals surface area (Å²) < 4.78 is 5.08. The Kier molecular flexibility index (Phi) is 6.04. The van der Waals surface area contributed by atoms with E-state index in [1.807, 2.05) is 0 Å². The fraction of sp³-hybridized carbons (Fsp3) is 0.500. The molecule has 0 radical (unpaired) electrons. The number of amides is 2. The molecule has 140 valence electrons. The van der Waals surface area contributed by atoms with Crippen LogP contribution in [0.2, 0.25) is 10.0 Å². The van der Waals surface area contributed by atoms with Crippen molar-refractivity contribution in [3.05, 3.63) is 28.2 Å². The highest BCUT2D eigenvalue weighted by molar-refractivity contribution is 6.39. The lowest BCUT2D eigenvalue weighted by molar-refractivity contribution is -0.151. The lowest BCUT2D eigenvalue weighted by Crippen LogP contribution is -2.35. The first kappa shape index (κ1) is 19.0. The van der Waals surface area contributed by atoms with Crippen molar-refractivity contribution in [1.82, 2.24) is 4.90 Å². The first-order valence-electron chi connectivity index (χ1n) is 8.65. The number of carbonyl (C=O) groups is 3. The summed E-state index contributed by atoms with van der Waals surface area (Å²) in [6, 6.07) is 5.09. The van der Waals surface area contributed by atoms with Crippen molar-refractivity contribution in [2.45, 2.75) is 38.1 Å². The van der Waals surface area contributed by atoms with E-state index in [1.54, 1.807) is 23.1 Å². The number of benzene rings is 1. The lowest BCUT2D eigenvalue weighted by Gasteiger charge is -2.23. The number of ether oxygens (including phenoxy) is 1. The maximum absolute atomic E-state index is 12.2. The molecule has 1 aliphatic heterocycles. The Hall–Kier alpha value is -1.79. The average Bonchev–Trinajstić information content (AvgIpc) is 3.25. The van der Waals surface area contributed by atoms with E-state index in [0.717, 1.165) is 25.7 Å². The molecule has 0 spiro atoms. The summed E-state index contributed by atoms with van der Waals surface area (Å²) >= 11 is 12.0. The summed E-state index contributed by atoms with van der Waals surface area (Å²) in [5.41, 5.74) is 0.278. The number of nitrogens with zero attached hydrogens (tertiary/aromatic N) is 1. The van der Waals surface area contributed by atoms with E-state index in [4.69, 9.17) is 27.9 Å². The van der Waals surface area contributed by atoms with Gasteiger partial charge in [-0.25, -0.2) is 0 Å². The SMILES string of the molecule is O=C(COC(=O)[C@@H]1CC(=O)N(C2CCCC2)C1)Nc1c(Cl)cccc1Cl. The highest BCUT2D eigenvalue weighted by atomic mass is 35.5. The van der Waals surface area contributed by atoms with E-state index >= 15 is 0 Å². The minimum absolute atomic E-state index is 0.00819. The summed E-state index contributed by atoms with van der Waals surface area (Å²) in [6.07, 6.45) is 4.37. The first-order valence-corrected chi connectivity index (χ1v) is 9.41. The molecule has 1 aliphatic carbocycles. The number of esters is 1. The van der Waals surface area contributed by atoms with Gasteiger partial charge in [-0.2, -0.15) is 0 Å². The van der Waals surface area contributed by atoms with Gasteiger partial charge in [0.25, 0.3) is 5.91 Å². The Morgan fingerprint density at radius 2 is 1.85 bits per heavy atom. The van der Waals surface area contributed by atoms with Gasteiger partial charge in [0.05, 0.1) is 21.7 Å². The number of hydrogen-bond acceptors (Lipinski definition) is 4. The highest BCUT2D eigenvalue weighted by Crippen LogP contribution is 2.31. The predicted molar refractivity (Wildman–Crippen MR) is 98.1 cm³/mol. The topological polar surface area (TPSA) is 75.7 Å². The van der Waals surface area contributed by atoms with Gasteiger partial charge in [-0.05, 0) is 25.0 Å². The molecule has 1 N–H and O–H groups in total. The third-order valence-electron chi connectivity index (χ3n) is 4.83. The van der Waals surface area contributed by atoms with Crippen LogP contribution in [0, 0.1) is 5.92 Å². The van der Waals surface area contributed by atoms with Crippen LogP contribution in [0.4, 0.5) is 5.69 Å². The van der Waals surface area contributed by atoms with Gasteiger partial charge >= 0.3 is 5.97 Å². The molecule has 1 saturated carbocycles. The van der Waals surface area contributed by atoms with Crippen LogP contribution < -0.4 is 5.32 Å². The summed E-state index contributed by atoms with van der Waals surface area (Å²) in [5, 5.41) is 3.12. The second-order valence-corrected chi connectivity index (χ2v) is 7.45. The summed E-state index contributed by atoms with van der Waals surface area (Å²) in [4.78, 5) is 38.1. The van der Waals surface area contributed by atoms with Crippen molar-refractivity contribution in [2.24, 2.45) is 5.92 Å². The summed E-state index contributed by atoms with van der Waals surface area (Å²) in [6.45, 7) is -0.0746. The van der Waals surface area contributed by atoms with Crippen molar-refractivity contribution >= 4 is 46.7 Å². The Morgan fingerprint density at radius 1 is 1.19 bits per heavy atom. The third kappa shape index (κ3) is 4.30. The van der Waals surface area contributed by atoms with Gasteiger partial charge in [0.1, 0.15) is 0 Å². The molecule has 2 fully saturated rings. The quantitative estimate of drug-likeness (QED) is 0.772. The van der Waals surface area contributed by atoms with Gasteiger partial charge in [-0.1, -0.05) is 42.1 Å². The Morgan fingerprint density at radius 3 is 2.50 bits per heavy atom. The molecule has 1 aromatic carbocycles. The zero-order valence-corrected chi connectivity index (χ0v) is 15.7. The van der Waals surface area contributed by atoms with E-state index in [1.165, 1.54) is 0 Å². The highest BCUT2D eigenvalue weighted by Gasteiger charge is 2.39. The van der Waals surface area contributed by atoms with Crippen LogP contribution in [0.25, 0.3) is 0 Å². The molecule has 8 heteroatoms. The lowest BCUT2D eigenvalue weighted by atomic mass is 10.1. The minimum Gasteiger partial charge on any atom is -0.455 e. The molecule has 1 aromatic rings. The van der Waals surface area contributed by atoms with E-state index in [2.05, 4.69) is 5.32 Å². The second-order valence-electron chi connectivity index (χ2n) is 6.64. The molecule has 0 aromatic heterocycles. The monoisotopic (exact) mass is 398 g/mol. The Balaban J connectivity index is 1.49. The van der Waals surface area contributed by atoms with Crippen molar-refractivity contribution in [1.29, 1.82) is 0 Å². The van der Waals surface area contributed by atoms with Crippen molar-refractivity contribution in [2.75, 3.05) is 18.5 Å². The molecular formula is C18H20Cl2N2O4. The van der Waals surface area contributed by atoms with Gasteiger partial charge in [0.15, 0.2) is 6.61 Å². The molecule has 0 unspecified atom stereocenters. The summed E-state index contributed by atoms with van der Waals surface area (Å²) in [7, 11) is 0. The Labute approximate surface area is 161 Å². The molecule has 3 rings (SSSR count). The zero-order valence-electron chi connectivity index (χ0n) is 14.2. The summed E-state index contributed by atoms with van der Waals surface area (Å²) in [5.74, 6) is -1.59.